The maximum absolute atomic E-state index is 5.15. The van der Waals surface area contributed by atoms with Gasteiger partial charge >= 0.3 is 0 Å². The second kappa shape index (κ2) is 13.5. The molecule has 0 saturated carbocycles. The quantitative estimate of drug-likeness (QED) is 0.170. The number of hydrogen-bond acceptors (Lipinski definition) is 3. The molecule has 0 radical (unpaired) electrons. The molecule has 0 N–H and O–H groups in total. The first-order valence-electron chi connectivity index (χ1n) is 19.7. The van der Waals surface area contributed by atoms with Gasteiger partial charge < -0.3 is 9.13 Å². The van der Waals surface area contributed by atoms with E-state index in [2.05, 4.69) is 211 Å². The Morgan fingerprint density at radius 2 is 0.931 bits per heavy atom. The van der Waals surface area contributed by atoms with Gasteiger partial charge in [0.1, 0.15) is 0 Å². The van der Waals surface area contributed by atoms with Crippen LogP contribution in [0.1, 0.15) is 11.1 Å². The number of fused-ring (bicyclic) bond motifs is 5. The predicted molar refractivity (Wildman–Crippen MR) is 240 cm³/mol. The lowest BCUT2D eigenvalue weighted by Gasteiger charge is -2.15. The molecule has 58 heavy (non-hydrogen) atoms. The van der Waals surface area contributed by atoms with Crippen LogP contribution in [0.4, 0.5) is 0 Å². The maximum atomic E-state index is 5.15. The summed E-state index contributed by atoms with van der Waals surface area (Å²) >= 11 is 0. The van der Waals surface area contributed by atoms with E-state index in [0.717, 1.165) is 49.9 Å². The lowest BCUT2D eigenvalue weighted by molar-refractivity contribution is 1.07. The largest absolute Gasteiger partial charge is 0.317 e. The molecular weight excluding hydrogens is 707 g/mol. The van der Waals surface area contributed by atoms with Gasteiger partial charge in [-0.1, -0.05) is 139 Å². The van der Waals surface area contributed by atoms with Crippen molar-refractivity contribution in [3.8, 4) is 56.7 Å². The van der Waals surface area contributed by atoms with Crippen LogP contribution >= 0.6 is 0 Å². The lowest BCUT2D eigenvalue weighted by atomic mass is 10.0. The molecule has 8 aromatic carbocycles. The Morgan fingerprint density at radius 1 is 0.362 bits per heavy atom. The van der Waals surface area contributed by atoms with Crippen molar-refractivity contribution >= 4 is 43.5 Å². The second-order valence-corrected chi connectivity index (χ2v) is 15.1. The Bertz CT molecular complexity index is 3290. The van der Waals surface area contributed by atoms with E-state index < -0.39 is 0 Å². The van der Waals surface area contributed by atoms with E-state index in [9.17, 15) is 0 Å². The zero-order chi connectivity index (χ0) is 38.7. The third kappa shape index (κ3) is 5.75. The van der Waals surface area contributed by atoms with E-state index in [0.29, 0.717) is 17.5 Å². The minimum atomic E-state index is 0.631. The number of aromatic nitrogens is 5. The standard InChI is InChI=1S/C53H37N5/c1-34-18-22-37(23-19-34)51-54-52(38-24-20-35(2)21-25-38)56-53(55-51)42-30-41-11-3-5-14-44(41)50(33-42)58-48-17-8-6-15-45(48)46-32-40(26-27-49(46)58)39-12-9-13-43(31-39)57-29-28-36-10-4-7-16-47(36)57/h3-33H,1-2H3. The number of hydrogen-bond donors (Lipinski definition) is 0. The second-order valence-electron chi connectivity index (χ2n) is 15.1. The van der Waals surface area contributed by atoms with Crippen LogP contribution in [0.3, 0.4) is 0 Å². The molecule has 3 heterocycles. The highest BCUT2D eigenvalue weighted by atomic mass is 15.0. The average Bonchev–Trinajstić information content (AvgIpc) is 3.86. The molecule has 0 unspecified atom stereocenters. The summed E-state index contributed by atoms with van der Waals surface area (Å²) in [4.78, 5) is 15.3. The summed E-state index contributed by atoms with van der Waals surface area (Å²) in [6, 6.07) is 65.0. The highest BCUT2D eigenvalue weighted by molar-refractivity contribution is 6.12. The Kier molecular flexibility index (Phi) is 7.86. The highest BCUT2D eigenvalue weighted by Crippen LogP contribution is 2.39. The summed E-state index contributed by atoms with van der Waals surface area (Å²) < 4.78 is 4.67. The van der Waals surface area contributed by atoms with E-state index in [4.69, 9.17) is 15.0 Å². The smallest absolute Gasteiger partial charge is 0.164 e. The Morgan fingerprint density at radius 3 is 1.66 bits per heavy atom. The van der Waals surface area contributed by atoms with Gasteiger partial charge in [0.05, 0.1) is 22.2 Å². The Hall–Kier alpha value is -7.63. The molecule has 0 aliphatic rings. The number of aryl methyl sites for hydroxylation is 2. The minimum absolute atomic E-state index is 0.631. The van der Waals surface area contributed by atoms with E-state index in [-0.39, 0.29) is 0 Å². The molecule has 0 saturated heterocycles. The van der Waals surface area contributed by atoms with Gasteiger partial charge in [0.2, 0.25) is 0 Å². The van der Waals surface area contributed by atoms with E-state index >= 15 is 0 Å². The molecule has 5 heteroatoms. The molecule has 0 aliphatic carbocycles. The fourth-order valence-electron chi connectivity index (χ4n) is 8.33. The maximum Gasteiger partial charge on any atom is 0.164 e. The van der Waals surface area contributed by atoms with Crippen molar-refractivity contribution in [3.05, 3.63) is 199 Å². The summed E-state index contributed by atoms with van der Waals surface area (Å²) in [5.74, 6) is 1.92. The molecule has 11 aromatic rings. The first-order chi connectivity index (χ1) is 28.5. The van der Waals surface area contributed by atoms with Crippen molar-refractivity contribution in [2.24, 2.45) is 0 Å². The van der Waals surface area contributed by atoms with Crippen LogP contribution in [0.5, 0.6) is 0 Å². The van der Waals surface area contributed by atoms with Gasteiger partial charge in [-0.25, -0.2) is 15.0 Å². The summed E-state index contributed by atoms with van der Waals surface area (Å²) in [7, 11) is 0. The van der Waals surface area contributed by atoms with Gasteiger partial charge in [-0.3, -0.25) is 0 Å². The van der Waals surface area contributed by atoms with Crippen molar-refractivity contribution in [2.75, 3.05) is 0 Å². The first kappa shape index (κ1) is 33.7. The monoisotopic (exact) mass is 743 g/mol. The third-order valence-corrected chi connectivity index (χ3v) is 11.3. The number of rotatable bonds is 6. The van der Waals surface area contributed by atoms with Crippen LogP contribution in [-0.2, 0) is 0 Å². The Labute approximate surface area is 336 Å². The van der Waals surface area contributed by atoms with E-state index in [1.165, 1.54) is 43.9 Å². The van der Waals surface area contributed by atoms with Crippen LogP contribution in [0.2, 0.25) is 0 Å². The van der Waals surface area contributed by atoms with Crippen molar-refractivity contribution < 1.29 is 0 Å². The number of nitrogens with zero attached hydrogens (tertiary/aromatic N) is 5. The van der Waals surface area contributed by atoms with Crippen LogP contribution in [-0.4, -0.2) is 24.1 Å². The summed E-state index contributed by atoms with van der Waals surface area (Å²) in [6.45, 7) is 4.19. The van der Waals surface area contributed by atoms with Gasteiger partial charge in [-0.2, -0.15) is 0 Å². The molecule has 3 aromatic heterocycles. The highest BCUT2D eigenvalue weighted by Gasteiger charge is 2.19. The molecule has 0 atom stereocenters. The molecule has 0 aliphatic heterocycles. The van der Waals surface area contributed by atoms with Gasteiger partial charge in [0, 0.05) is 44.7 Å². The van der Waals surface area contributed by atoms with Crippen LogP contribution in [0.25, 0.3) is 100 Å². The molecule has 0 spiro atoms. The molecular formula is C53H37N5. The summed E-state index contributed by atoms with van der Waals surface area (Å²) in [5, 5.41) is 5.89. The summed E-state index contributed by atoms with van der Waals surface area (Å²) in [5.41, 5.74) is 13.2. The number of para-hydroxylation sites is 2. The van der Waals surface area contributed by atoms with Crippen LogP contribution in [0.15, 0.2) is 188 Å². The normalized spacial score (nSPS) is 11.6. The zero-order valence-corrected chi connectivity index (χ0v) is 32.1. The van der Waals surface area contributed by atoms with Gasteiger partial charge in [0.25, 0.3) is 0 Å². The van der Waals surface area contributed by atoms with Crippen molar-refractivity contribution in [1.29, 1.82) is 0 Å². The van der Waals surface area contributed by atoms with Gasteiger partial charge in [-0.05, 0) is 90.3 Å². The summed E-state index contributed by atoms with van der Waals surface area (Å²) in [6.07, 6.45) is 2.16. The van der Waals surface area contributed by atoms with Crippen LogP contribution < -0.4 is 0 Å². The van der Waals surface area contributed by atoms with Crippen molar-refractivity contribution in [2.45, 2.75) is 13.8 Å². The van der Waals surface area contributed by atoms with Crippen molar-refractivity contribution in [1.82, 2.24) is 24.1 Å². The van der Waals surface area contributed by atoms with E-state index in [1.807, 2.05) is 0 Å². The molecule has 5 nitrogen and oxygen atoms in total. The topological polar surface area (TPSA) is 48.5 Å². The number of benzene rings is 8. The van der Waals surface area contributed by atoms with E-state index in [1.54, 1.807) is 0 Å². The molecule has 274 valence electrons. The lowest BCUT2D eigenvalue weighted by Crippen LogP contribution is -2.02. The Balaban J connectivity index is 1.10. The van der Waals surface area contributed by atoms with Gasteiger partial charge in [-0.15, -0.1) is 0 Å². The molecule has 0 bridgehead atoms. The fraction of sp³-hybridized carbons (Fsp3) is 0.0377. The van der Waals surface area contributed by atoms with Crippen LogP contribution in [0, 0.1) is 13.8 Å². The molecule has 0 amide bonds. The predicted octanol–water partition coefficient (Wildman–Crippen LogP) is 13.4. The molecule has 0 fully saturated rings. The zero-order valence-electron chi connectivity index (χ0n) is 32.1. The molecule has 11 rings (SSSR count). The average molecular weight is 744 g/mol. The fourth-order valence-corrected chi connectivity index (χ4v) is 8.33. The first-order valence-corrected chi connectivity index (χ1v) is 19.7. The third-order valence-electron chi connectivity index (χ3n) is 11.3. The van der Waals surface area contributed by atoms with Gasteiger partial charge in [0.15, 0.2) is 17.5 Å². The minimum Gasteiger partial charge on any atom is -0.317 e. The SMILES string of the molecule is Cc1ccc(-c2nc(-c3ccc(C)cc3)nc(-c3cc(-n4c5ccccc5c5cc(-c6cccc(-n7ccc8ccccc87)c6)ccc54)c4ccccc4c3)n2)cc1. The van der Waals surface area contributed by atoms with Crippen molar-refractivity contribution in [3.63, 3.8) is 0 Å².